The number of nitrogens with one attached hydrogen (secondary N) is 1. The van der Waals surface area contributed by atoms with E-state index in [9.17, 15) is 0 Å². The van der Waals surface area contributed by atoms with E-state index in [2.05, 4.69) is 42.6 Å². The second kappa shape index (κ2) is 7.13. The van der Waals surface area contributed by atoms with Gasteiger partial charge in [0.15, 0.2) is 0 Å². The summed E-state index contributed by atoms with van der Waals surface area (Å²) in [4.78, 5) is 0. The fourth-order valence-corrected chi connectivity index (χ4v) is 3.44. The number of benzene rings is 1. The van der Waals surface area contributed by atoms with E-state index >= 15 is 0 Å². The first-order valence-electron chi connectivity index (χ1n) is 8.56. The number of rotatable bonds is 5. The van der Waals surface area contributed by atoms with Crippen LogP contribution in [0.4, 0.5) is 0 Å². The minimum atomic E-state index is 0.266. The lowest BCUT2D eigenvalue weighted by Crippen LogP contribution is -2.26. The van der Waals surface area contributed by atoms with Gasteiger partial charge in [0, 0.05) is 6.04 Å². The van der Waals surface area contributed by atoms with Crippen molar-refractivity contribution in [1.82, 2.24) is 5.32 Å². The van der Waals surface area contributed by atoms with E-state index in [-0.39, 0.29) is 6.10 Å². The van der Waals surface area contributed by atoms with Crippen molar-refractivity contribution in [2.75, 3.05) is 6.54 Å². The Morgan fingerprint density at radius 3 is 3.00 bits per heavy atom. The van der Waals surface area contributed by atoms with Crippen LogP contribution in [0.25, 0.3) is 0 Å². The summed E-state index contributed by atoms with van der Waals surface area (Å²) in [5, 5.41) is 3.69. The molecule has 0 bridgehead atoms. The highest BCUT2D eigenvalue weighted by Crippen LogP contribution is 2.33. The van der Waals surface area contributed by atoms with Crippen molar-refractivity contribution in [3.8, 4) is 5.75 Å². The number of ether oxygens (including phenoxy) is 1. The van der Waals surface area contributed by atoms with Crippen molar-refractivity contribution in [1.29, 1.82) is 0 Å². The Balaban J connectivity index is 1.74. The van der Waals surface area contributed by atoms with Gasteiger partial charge >= 0.3 is 0 Å². The molecule has 1 aromatic carbocycles. The molecule has 2 atom stereocenters. The highest BCUT2D eigenvalue weighted by Gasteiger charge is 2.20. The normalized spacial score (nSPS) is 24.6. The molecule has 2 aliphatic rings. The Hall–Kier alpha value is -1.28. The van der Waals surface area contributed by atoms with Gasteiger partial charge in [-0.1, -0.05) is 19.1 Å². The predicted octanol–water partition coefficient (Wildman–Crippen LogP) is 4.55. The Bertz CT molecular complexity index is 494. The van der Waals surface area contributed by atoms with Gasteiger partial charge in [-0.3, -0.25) is 0 Å². The molecule has 2 nitrogen and oxygen atoms in total. The predicted molar refractivity (Wildman–Crippen MR) is 87.8 cm³/mol. The van der Waals surface area contributed by atoms with Gasteiger partial charge in [0.25, 0.3) is 0 Å². The molecule has 0 amide bonds. The fourth-order valence-electron chi connectivity index (χ4n) is 3.44. The van der Waals surface area contributed by atoms with E-state index in [1.807, 2.05) is 0 Å². The lowest BCUT2D eigenvalue weighted by atomic mass is 9.87. The zero-order valence-corrected chi connectivity index (χ0v) is 13.1. The van der Waals surface area contributed by atoms with Crippen LogP contribution in [0.3, 0.4) is 0 Å². The van der Waals surface area contributed by atoms with Crippen molar-refractivity contribution in [2.45, 2.75) is 64.0 Å². The molecule has 2 aliphatic carbocycles. The molecule has 0 saturated heterocycles. The first kappa shape index (κ1) is 14.6. The van der Waals surface area contributed by atoms with Gasteiger partial charge in [0.2, 0.25) is 0 Å². The number of hydrogen-bond acceptors (Lipinski definition) is 2. The summed E-state index contributed by atoms with van der Waals surface area (Å²) >= 11 is 0. The number of hydrogen-bond donors (Lipinski definition) is 1. The molecule has 21 heavy (non-hydrogen) atoms. The lowest BCUT2D eigenvalue weighted by Gasteiger charge is -2.28. The number of allylic oxidation sites excluding steroid dienone is 1. The average Bonchev–Trinajstić information content (AvgIpc) is 2.54. The Morgan fingerprint density at radius 2 is 2.19 bits per heavy atom. The molecule has 2 unspecified atom stereocenters. The standard InChI is InChI=1S/C19H27NO/c1-2-13-20-19-10-6-7-15-11-12-17(14-18(15)19)21-16-8-4-3-5-9-16/h4,8,11-12,14,16,19-20H,2-3,5-7,9-10,13H2,1H3. The molecule has 0 heterocycles. The largest absolute Gasteiger partial charge is 0.486 e. The zero-order chi connectivity index (χ0) is 14.5. The molecule has 1 N–H and O–H groups in total. The maximum absolute atomic E-state index is 6.16. The summed E-state index contributed by atoms with van der Waals surface area (Å²) in [6.45, 7) is 3.33. The van der Waals surface area contributed by atoms with Crippen LogP contribution in [-0.4, -0.2) is 12.6 Å². The van der Waals surface area contributed by atoms with Gasteiger partial charge in [-0.2, -0.15) is 0 Å². The van der Waals surface area contributed by atoms with Crippen LogP contribution in [0.1, 0.15) is 62.6 Å². The molecule has 2 heteroatoms. The van der Waals surface area contributed by atoms with Gasteiger partial charge in [-0.25, -0.2) is 0 Å². The second-order valence-corrected chi connectivity index (χ2v) is 6.27. The summed E-state index contributed by atoms with van der Waals surface area (Å²) in [6.07, 6.45) is 13.3. The average molecular weight is 285 g/mol. The van der Waals surface area contributed by atoms with Crippen LogP contribution in [0, 0.1) is 0 Å². The number of fused-ring (bicyclic) bond motifs is 1. The summed E-state index contributed by atoms with van der Waals surface area (Å²) in [7, 11) is 0. The SMILES string of the molecule is CCCNC1CCCc2ccc(OC3C=CCCC3)cc21. The third-order valence-electron chi connectivity index (χ3n) is 4.57. The molecular weight excluding hydrogens is 258 g/mol. The molecule has 1 aromatic rings. The van der Waals surface area contributed by atoms with Crippen LogP contribution < -0.4 is 10.1 Å². The van der Waals surface area contributed by atoms with Crippen molar-refractivity contribution >= 4 is 0 Å². The third-order valence-corrected chi connectivity index (χ3v) is 4.57. The van der Waals surface area contributed by atoms with E-state index in [1.54, 1.807) is 0 Å². The maximum Gasteiger partial charge on any atom is 0.120 e. The van der Waals surface area contributed by atoms with E-state index in [4.69, 9.17) is 4.74 Å². The topological polar surface area (TPSA) is 21.3 Å². The molecular formula is C19H27NO. The Kier molecular flexibility index (Phi) is 4.97. The van der Waals surface area contributed by atoms with Crippen LogP contribution in [0.5, 0.6) is 5.75 Å². The summed E-state index contributed by atoms with van der Waals surface area (Å²) in [5.74, 6) is 1.04. The maximum atomic E-state index is 6.16. The smallest absolute Gasteiger partial charge is 0.120 e. The van der Waals surface area contributed by atoms with Crippen molar-refractivity contribution in [2.24, 2.45) is 0 Å². The molecule has 0 saturated carbocycles. The van der Waals surface area contributed by atoms with Crippen LogP contribution in [-0.2, 0) is 6.42 Å². The summed E-state index contributed by atoms with van der Waals surface area (Å²) in [5.41, 5.74) is 2.97. The van der Waals surface area contributed by atoms with Gasteiger partial charge < -0.3 is 10.1 Å². The molecule has 0 fully saturated rings. The Morgan fingerprint density at radius 1 is 1.24 bits per heavy atom. The minimum Gasteiger partial charge on any atom is -0.486 e. The molecule has 0 radical (unpaired) electrons. The summed E-state index contributed by atoms with van der Waals surface area (Å²) in [6, 6.07) is 7.23. The summed E-state index contributed by atoms with van der Waals surface area (Å²) < 4.78 is 6.16. The van der Waals surface area contributed by atoms with Crippen molar-refractivity contribution in [3.63, 3.8) is 0 Å². The van der Waals surface area contributed by atoms with Crippen molar-refractivity contribution in [3.05, 3.63) is 41.5 Å². The first-order chi connectivity index (χ1) is 10.4. The van der Waals surface area contributed by atoms with E-state index in [0.717, 1.165) is 18.7 Å². The molecule has 114 valence electrons. The highest BCUT2D eigenvalue weighted by atomic mass is 16.5. The fraction of sp³-hybridized carbons (Fsp3) is 0.579. The Labute approximate surface area is 128 Å². The molecule has 0 spiro atoms. The minimum absolute atomic E-state index is 0.266. The monoisotopic (exact) mass is 285 g/mol. The van der Waals surface area contributed by atoms with Gasteiger partial charge in [0.1, 0.15) is 11.9 Å². The van der Waals surface area contributed by atoms with Crippen LogP contribution in [0.15, 0.2) is 30.4 Å². The van der Waals surface area contributed by atoms with Gasteiger partial charge in [-0.05, 0) is 80.8 Å². The van der Waals surface area contributed by atoms with Crippen LogP contribution >= 0.6 is 0 Å². The highest BCUT2D eigenvalue weighted by molar-refractivity contribution is 5.39. The molecule has 0 aliphatic heterocycles. The number of aryl methyl sites for hydroxylation is 1. The van der Waals surface area contributed by atoms with E-state index < -0.39 is 0 Å². The first-order valence-corrected chi connectivity index (χ1v) is 8.56. The quantitative estimate of drug-likeness (QED) is 0.801. The molecule has 3 rings (SSSR count). The van der Waals surface area contributed by atoms with Gasteiger partial charge in [0.05, 0.1) is 0 Å². The third kappa shape index (κ3) is 3.68. The van der Waals surface area contributed by atoms with Crippen LogP contribution in [0.2, 0.25) is 0 Å². The second-order valence-electron chi connectivity index (χ2n) is 6.27. The lowest BCUT2D eigenvalue weighted by molar-refractivity contribution is 0.229. The zero-order valence-electron chi connectivity index (χ0n) is 13.1. The van der Waals surface area contributed by atoms with E-state index in [0.29, 0.717) is 6.04 Å². The van der Waals surface area contributed by atoms with E-state index in [1.165, 1.54) is 49.7 Å². The van der Waals surface area contributed by atoms with Crippen molar-refractivity contribution < 1.29 is 4.74 Å². The van der Waals surface area contributed by atoms with Gasteiger partial charge in [-0.15, -0.1) is 0 Å². The molecule has 0 aromatic heterocycles.